The van der Waals surface area contributed by atoms with E-state index in [0.717, 1.165) is 0 Å². The van der Waals surface area contributed by atoms with E-state index >= 15 is 0 Å². The minimum atomic E-state index is -0.576. The zero-order valence-corrected chi connectivity index (χ0v) is 12.0. The van der Waals surface area contributed by atoms with Crippen molar-refractivity contribution in [2.75, 3.05) is 7.11 Å². The van der Waals surface area contributed by atoms with E-state index in [1.54, 1.807) is 13.0 Å². The number of imidazole rings is 1. The maximum absolute atomic E-state index is 11.5. The van der Waals surface area contributed by atoms with Crippen LogP contribution in [0, 0.1) is 17.0 Å². The van der Waals surface area contributed by atoms with Crippen LogP contribution in [0.4, 0.5) is 5.82 Å². The number of hydrogen-bond donors (Lipinski definition) is 0. The third kappa shape index (κ3) is 2.78. The second-order valence-corrected chi connectivity index (χ2v) is 4.41. The SMILES string of the molecule is CCc1oc(C(=O)OC)cc1Cn1c([N+](=O)[O-])cnc1C. The van der Waals surface area contributed by atoms with Crippen LogP contribution in [0.3, 0.4) is 0 Å². The van der Waals surface area contributed by atoms with Crippen molar-refractivity contribution in [3.05, 3.63) is 45.3 Å². The van der Waals surface area contributed by atoms with Crippen LogP contribution in [0.15, 0.2) is 16.7 Å². The van der Waals surface area contributed by atoms with E-state index in [2.05, 4.69) is 9.72 Å². The molecule has 8 nitrogen and oxygen atoms in total. The van der Waals surface area contributed by atoms with Gasteiger partial charge in [0.1, 0.15) is 18.5 Å². The molecule has 8 heteroatoms. The second-order valence-electron chi connectivity index (χ2n) is 4.41. The summed E-state index contributed by atoms with van der Waals surface area (Å²) in [6, 6.07) is 1.55. The number of esters is 1. The minimum Gasteiger partial charge on any atom is -0.463 e. The number of nitro groups is 1. The number of carbonyl (C=O) groups is 1. The molecule has 0 atom stereocenters. The molecule has 0 bridgehead atoms. The number of nitrogens with zero attached hydrogens (tertiary/aromatic N) is 3. The number of furan rings is 1. The van der Waals surface area contributed by atoms with Gasteiger partial charge < -0.3 is 19.3 Å². The molecule has 2 aromatic heterocycles. The molecule has 0 aliphatic rings. The van der Waals surface area contributed by atoms with Crippen molar-refractivity contribution < 1.29 is 18.9 Å². The molecule has 0 aromatic carbocycles. The number of aromatic nitrogens is 2. The van der Waals surface area contributed by atoms with Crippen LogP contribution in [0.25, 0.3) is 0 Å². The predicted molar refractivity (Wildman–Crippen MR) is 72.1 cm³/mol. The van der Waals surface area contributed by atoms with E-state index in [1.807, 2.05) is 6.92 Å². The fourth-order valence-electron chi connectivity index (χ4n) is 2.07. The zero-order valence-electron chi connectivity index (χ0n) is 12.0. The van der Waals surface area contributed by atoms with E-state index in [1.165, 1.54) is 17.9 Å². The number of ether oxygens (including phenoxy) is 1. The van der Waals surface area contributed by atoms with Gasteiger partial charge in [0.25, 0.3) is 0 Å². The minimum absolute atomic E-state index is 0.0878. The van der Waals surface area contributed by atoms with Crippen molar-refractivity contribution in [1.82, 2.24) is 9.55 Å². The van der Waals surface area contributed by atoms with Gasteiger partial charge in [-0.2, -0.15) is 0 Å². The third-order valence-electron chi connectivity index (χ3n) is 3.15. The summed E-state index contributed by atoms with van der Waals surface area (Å²) in [5, 5.41) is 11.0. The summed E-state index contributed by atoms with van der Waals surface area (Å²) in [7, 11) is 1.26. The van der Waals surface area contributed by atoms with Crippen LogP contribution in [-0.2, 0) is 17.7 Å². The Hall–Kier alpha value is -2.64. The van der Waals surface area contributed by atoms with E-state index in [0.29, 0.717) is 23.6 Å². The predicted octanol–water partition coefficient (Wildman–Crippen LogP) is 2.09. The second kappa shape index (κ2) is 5.78. The number of methoxy groups -OCH3 is 1. The first kappa shape index (κ1) is 14.8. The van der Waals surface area contributed by atoms with Gasteiger partial charge in [0.15, 0.2) is 5.82 Å². The van der Waals surface area contributed by atoms with Crippen molar-refractivity contribution >= 4 is 11.8 Å². The van der Waals surface area contributed by atoms with Gasteiger partial charge >= 0.3 is 11.8 Å². The van der Waals surface area contributed by atoms with Crippen LogP contribution >= 0.6 is 0 Å². The highest BCUT2D eigenvalue weighted by Crippen LogP contribution is 2.22. The molecule has 0 aliphatic heterocycles. The Bertz CT molecular complexity index is 686. The zero-order chi connectivity index (χ0) is 15.6. The molecule has 0 radical (unpaired) electrons. The lowest BCUT2D eigenvalue weighted by Gasteiger charge is -2.02. The molecule has 0 saturated carbocycles. The molecule has 0 aliphatic carbocycles. The molecule has 0 fully saturated rings. The average molecular weight is 293 g/mol. The lowest BCUT2D eigenvalue weighted by molar-refractivity contribution is -0.392. The monoisotopic (exact) mass is 293 g/mol. The Labute approximate surface area is 120 Å². The largest absolute Gasteiger partial charge is 0.463 e. The molecule has 112 valence electrons. The molecule has 2 rings (SSSR count). The Morgan fingerprint density at radius 3 is 2.86 bits per heavy atom. The summed E-state index contributed by atoms with van der Waals surface area (Å²) in [5.74, 6) is 0.523. The van der Waals surface area contributed by atoms with Crippen molar-refractivity contribution in [1.29, 1.82) is 0 Å². The van der Waals surface area contributed by atoms with Gasteiger partial charge in [0.2, 0.25) is 5.76 Å². The molecule has 2 heterocycles. The number of hydrogen-bond acceptors (Lipinski definition) is 6. The smallest absolute Gasteiger partial charge is 0.373 e. The Kier molecular flexibility index (Phi) is 4.06. The summed E-state index contributed by atoms with van der Waals surface area (Å²) in [6.07, 6.45) is 1.77. The van der Waals surface area contributed by atoms with Crippen molar-refractivity contribution in [3.63, 3.8) is 0 Å². The third-order valence-corrected chi connectivity index (χ3v) is 3.15. The molecular formula is C13H15N3O5. The fraction of sp³-hybridized carbons (Fsp3) is 0.385. The van der Waals surface area contributed by atoms with E-state index in [-0.39, 0.29) is 18.1 Å². The first-order valence-corrected chi connectivity index (χ1v) is 6.34. The lowest BCUT2D eigenvalue weighted by atomic mass is 10.2. The summed E-state index contributed by atoms with van der Waals surface area (Å²) in [5.41, 5.74) is 0.696. The van der Waals surface area contributed by atoms with Crippen molar-refractivity contribution in [2.24, 2.45) is 0 Å². The van der Waals surface area contributed by atoms with Crippen molar-refractivity contribution in [3.8, 4) is 0 Å². The maximum atomic E-state index is 11.5. The standard InChI is InChI=1S/C13H15N3O5/c1-4-10-9(5-11(21-10)13(17)20-3)7-15-8(2)14-6-12(15)16(18)19/h5-6H,4,7H2,1-3H3. The quantitative estimate of drug-likeness (QED) is 0.475. The maximum Gasteiger partial charge on any atom is 0.373 e. The normalized spacial score (nSPS) is 10.6. The highest BCUT2D eigenvalue weighted by Gasteiger charge is 2.22. The Balaban J connectivity index is 2.40. The van der Waals surface area contributed by atoms with E-state index in [4.69, 9.17) is 4.42 Å². The Morgan fingerprint density at radius 1 is 1.57 bits per heavy atom. The lowest BCUT2D eigenvalue weighted by Crippen LogP contribution is -2.07. The molecule has 2 aromatic rings. The first-order chi connectivity index (χ1) is 9.97. The van der Waals surface area contributed by atoms with Crippen LogP contribution in [0.2, 0.25) is 0 Å². The fourth-order valence-corrected chi connectivity index (χ4v) is 2.07. The molecule has 0 amide bonds. The van der Waals surface area contributed by atoms with E-state index < -0.39 is 10.9 Å². The summed E-state index contributed by atoms with van der Waals surface area (Å²) in [4.78, 5) is 25.9. The van der Waals surface area contributed by atoms with Gasteiger partial charge in [-0.15, -0.1) is 0 Å². The van der Waals surface area contributed by atoms with Gasteiger partial charge in [0, 0.05) is 18.9 Å². The van der Waals surface area contributed by atoms with Crippen molar-refractivity contribution in [2.45, 2.75) is 26.8 Å². The first-order valence-electron chi connectivity index (χ1n) is 6.34. The Morgan fingerprint density at radius 2 is 2.29 bits per heavy atom. The number of rotatable bonds is 5. The average Bonchev–Trinajstić information content (AvgIpc) is 3.03. The van der Waals surface area contributed by atoms with Crippen LogP contribution in [0.1, 0.15) is 34.6 Å². The number of carbonyl (C=O) groups excluding carboxylic acids is 1. The van der Waals surface area contributed by atoms with E-state index in [9.17, 15) is 14.9 Å². The van der Waals surface area contributed by atoms with Crippen LogP contribution in [-0.4, -0.2) is 27.6 Å². The topological polar surface area (TPSA) is 100 Å². The molecule has 0 saturated heterocycles. The van der Waals surface area contributed by atoms with Crippen LogP contribution in [0.5, 0.6) is 0 Å². The molecular weight excluding hydrogens is 278 g/mol. The highest BCUT2D eigenvalue weighted by atomic mass is 16.6. The van der Waals surface area contributed by atoms with Gasteiger partial charge in [0.05, 0.1) is 7.11 Å². The number of aryl methyl sites for hydroxylation is 2. The van der Waals surface area contributed by atoms with Crippen LogP contribution < -0.4 is 0 Å². The van der Waals surface area contributed by atoms with Gasteiger partial charge in [-0.3, -0.25) is 0 Å². The summed E-state index contributed by atoms with van der Waals surface area (Å²) in [6.45, 7) is 3.77. The molecule has 0 unspecified atom stereocenters. The molecule has 0 spiro atoms. The molecule has 21 heavy (non-hydrogen) atoms. The van der Waals surface area contributed by atoms with Gasteiger partial charge in [-0.1, -0.05) is 6.92 Å². The van der Waals surface area contributed by atoms with Gasteiger partial charge in [-0.05, 0) is 11.0 Å². The highest BCUT2D eigenvalue weighted by molar-refractivity contribution is 5.86. The summed E-state index contributed by atoms with van der Waals surface area (Å²) < 4.78 is 11.5. The molecule has 0 N–H and O–H groups in total. The summed E-state index contributed by atoms with van der Waals surface area (Å²) >= 11 is 0. The van der Waals surface area contributed by atoms with Gasteiger partial charge in [-0.25, -0.2) is 14.3 Å².